The van der Waals surface area contributed by atoms with Crippen LogP contribution in [0.2, 0.25) is 0 Å². The van der Waals surface area contributed by atoms with E-state index in [1.807, 2.05) is 6.92 Å². The summed E-state index contributed by atoms with van der Waals surface area (Å²) in [5, 5.41) is 1.41. The average molecular weight is 224 g/mol. The third kappa shape index (κ3) is 4.16. The van der Waals surface area contributed by atoms with Crippen molar-refractivity contribution in [2.45, 2.75) is 33.0 Å². The topological polar surface area (TPSA) is 18.5 Å². The number of ether oxygens (including phenoxy) is 1. The molecule has 0 aliphatic heterocycles. The molecule has 1 atom stereocenters. The van der Waals surface area contributed by atoms with E-state index in [0.717, 1.165) is 6.42 Å². The van der Waals surface area contributed by atoms with Gasteiger partial charge in [0, 0.05) is 7.11 Å². The normalized spacial score (nSPS) is 13.5. The SMILES string of the molecule is CCCc1ccccc1[SiH2]OC(C)OC. The Labute approximate surface area is 94.5 Å². The van der Waals surface area contributed by atoms with Gasteiger partial charge in [-0.05, 0) is 24.1 Å². The number of hydrogen-bond donors (Lipinski definition) is 0. The third-order valence-electron chi connectivity index (χ3n) is 2.44. The van der Waals surface area contributed by atoms with Crippen LogP contribution in [0.3, 0.4) is 0 Å². The average Bonchev–Trinajstić information content (AvgIpc) is 2.28. The third-order valence-corrected chi connectivity index (χ3v) is 4.08. The van der Waals surface area contributed by atoms with Crippen LogP contribution in [0.15, 0.2) is 24.3 Å². The molecule has 0 fully saturated rings. The summed E-state index contributed by atoms with van der Waals surface area (Å²) in [4.78, 5) is 0. The van der Waals surface area contributed by atoms with Crippen molar-refractivity contribution in [2.75, 3.05) is 7.11 Å². The van der Waals surface area contributed by atoms with Gasteiger partial charge in [-0.1, -0.05) is 37.6 Å². The first-order chi connectivity index (χ1) is 7.27. The molecular formula is C12H20O2Si. The van der Waals surface area contributed by atoms with Crippen LogP contribution in [-0.4, -0.2) is 23.2 Å². The number of aryl methyl sites for hydroxylation is 1. The number of benzene rings is 1. The molecule has 1 aromatic carbocycles. The van der Waals surface area contributed by atoms with Crippen LogP contribution >= 0.6 is 0 Å². The van der Waals surface area contributed by atoms with Crippen molar-refractivity contribution in [1.29, 1.82) is 0 Å². The fraction of sp³-hybridized carbons (Fsp3) is 0.500. The summed E-state index contributed by atoms with van der Waals surface area (Å²) >= 11 is 0. The molecular weight excluding hydrogens is 204 g/mol. The lowest BCUT2D eigenvalue weighted by molar-refractivity contribution is -0.0356. The minimum Gasteiger partial charge on any atom is -0.394 e. The number of rotatable bonds is 6. The van der Waals surface area contributed by atoms with E-state index in [2.05, 4.69) is 31.2 Å². The number of hydrogen-bond acceptors (Lipinski definition) is 2. The van der Waals surface area contributed by atoms with Gasteiger partial charge >= 0.3 is 0 Å². The van der Waals surface area contributed by atoms with E-state index in [0.29, 0.717) is 0 Å². The van der Waals surface area contributed by atoms with E-state index in [4.69, 9.17) is 9.16 Å². The maximum atomic E-state index is 5.68. The van der Waals surface area contributed by atoms with Crippen LogP contribution in [0.4, 0.5) is 0 Å². The molecule has 0 heterocycles. The van der Waals surface area contributed by atoms with Crippen molar-refractivity contribution < 1.29 is 9.16 Å². The van der Waals surface area contributed by atoms with Crippen molar-refractivity contribution >= 4 is 14.9 Å². The standard InChI is InChI=1S/C12H20O2Si/c1-4-7-11-8-5-6-9-12(11)15-14-10(2)13-3/h5-6,8-10H,4,7,15H2,1-3H3. The lowest BCUT2D eigenvalue weighted by Gasteiger charge is -2.13. The van der Waals surface area contributed by atoms with E-state index in [9.17, 15) is 0 Å². The summed E-state index contributed by atoms with van der Waals surface area (Å²) < 4.78 is 10.8. The summed E-state index contributed by atoms with van der Waals surface area (Å²) in [7, 11) is 1.03. The zero-order valence-electron chi connectivity index (χ0n) is 9.82. The molecule has 1 rings (SSSR count). The van der Waals surface area contributed by atoms with E-state index >= 15 is 0 Å². The molecule has 0 N–H and O–H groups in total. The Morgan fingerprint density at radius 2 is 2.07 bits per heavy atom. The van der Waals surface area contributed by atoms with Gasteiger partial charge in [0.05, 0.1) is 0 Å². The Morgan fingerprint density at radius 3 is 2.73 bits per heavy atom. The van der Waals surface area contributed by atoms with Gasteiger partial charge in [-0.15, -0.1) is 0 Å². The second-order valence-electron chi connectivity index (χ2n) is 3.63. The molecule has 0 spiro atoms. The fourth-order valence-electron chi connectivity index (χ4n) is 1.49. The van der Waals surface area contributed by atoms with Gasteiger partial charge in [0.2, 0.25) is 0 Å². The van der Waals surface area contributed by atoms with Gasteiger partial charge in [0.15, 0.2) is 9.76 Å². The van der Waals surface area contributed by atoms with Crippen molar-refractivity contribution in [3.63, 3.8) is 0 Å². The van der Waals surface area contributed by atoms with E-state index in [1.165, 1.54) is 17.2 Å². The Hall–Kier alpha value is -0.643. The molecule has 0 bridgehead atoms. The van der Waals surface area contributed by atoms with Gasteiger partial charge in [-0.2, -0.15) is 0 Å². The largest absolute Gasteiger partial charge is 0.394 e. The highest BCUT2D eigenvalue weighted by Gasteiger charge is 2.04. The number of methoxy groups -OCH3 is 1. The fourth-order valence-corrected chi connectivity index (χ4v) is 2.75. The predicted octanol–water partition coefficient (Wildman–Crippen LogP) is 1.36. The van der Waals surface area contributed by atoms with Crippen LogP contribution in [-0.2, 0) is 15.6 Å². The summed E-state index contributed by atoms with van der Waals surface area (Å²) in [5.74, 6) is 0. The highest BCUT2D eigenvalue weighted by atomic mass is 28.2. The molecule has 0 saturated carbocycles. The lowest BCUT2D eigenvalue weighted by atomic mass is 10.1. The summed E-state index contributed by atoms with van der Waals surface area (Å²) in [6, 6.07) is 8.57. The molecule has 84 valence electrons. The minimum atomic E-state index is -0.644. The molecule has 15 heavy (non-hydrogen) atoms. The lowest BCUT2D eigenvalue weighted by Crippen LogP contribution is -2.26. The molecule has 0 aliphatic rings. The first kappa shape index (κ1) is 12.4. The quantitative estimate of drug-likeness (QED) is 0.536. The summed E-state index contributed by atoms with van der Waals surface area (Å²) in [6.07, 6.45) is 2.26. The summed E-state index contributed by atoms with van der Waals surface area (Å²) in [6.45, 7) is 4.15. The van der Waals surface area contributed by atoms with Crippen LogP contribution in [0.1, 0.15) is 25.8 Å². The molecule has 2 nitrogen and oxygen atoms in total. The van der Waals surface area contributed by atoms with Crippen molar-refractivity contribution in [2.24, 2.45) is 0 Å². The molecule has 0 saturated heterocycles. The molecule has 1 unspecified atom stereocenters. The van der Waals surface area contributed by atoms with Crippen LogP contribution in [0, 0.1) is 0 Å². The van der Waals surface area contributed by atoms with E-state index in [1.54, 1.807) is 7.11 Å². The van der Waals surface area contributed by atoms with E-state index < -0.39 is 9.76 Å². The Morgan fingerprint density at radius 1 is 1.33 bits per heavy atom. The van der Waals surface area contributed by atoms with Crippen molar-refractivity contribution in [1.82, 2.24) is 0 Å². The molecule has 0 radical (unpaired) electrons. The zero-order chi connectivity index (χ0) is 11.1. The molecule has 0 aromatic heterocycles. The molecule has 1 aromatic rings. The van der Waals surface area contributed by atoms with Gasteiger partial charge in [-0.25, -0.2) is 0 Å². The first-order valence-electron chi connectivity index (χ1n) is 5.49. The second kappa shape index (κ2) is 6.77. The van der Waals surface area contributed by atoms with E-state index in [-0.39, 0.29) is 6.29 Å². The van der Waals surface area contributed by atoms with Crippen molar-refractivity contribution in [3.8, 4) is 0 Å². The highest BCUT2D eigenvalue weighted by molar-refractivity contribution is 6.47. The smallest absolute Gasteiger partial charge is 0.195 e. The van der Waals surface area contributed by atoms with Crippen LogP contribution < -0.4 is 5.19 Å². The Balaban J connectivity index is 2.58. The summed E-state index contributed by atoms with van der Waals surface area (Å²) in [5.41, 5.74) is 1.44. The van der Waals surface area contributed by atoms with Gasteiger partial charge in [0.1, 0.15) is 6.29 Å². The van der Waals surface area contributed by atoms with Gasteiger partial charge in [0.25, 0.3) is 0 Å². The van der Waals surface area contributed by atoms with Crippen LogP contribution in [0.25, 0.3) is 0 Å². The predicted molar refractivity (Wildman–Crippen MR) is 66.2 cm³/mol. The first-order valence-corrected chi connectivity index (χ1v) is 6.77. The molecule has 3 heteroatoms. The Bertz CT molecular complexity index is 289. The van der Waals surface area contributed by atoms with Crippen molar-refractivity contribution in [3.05, 3.63) is 29.8 Å². The molecule has 0 aliphatic carbocycles. The van der Waals surface area contributed by atoms with Gasteiger partial charge < -0.3 is 9.16 Å². The second-order valence-corrected chi connectivity index (χ2v) is 5.02. The maximum absolute atomic E-state index is 5.68. The molecule has 0 amide bonds. The van der Waals surface area contributed by atoms with Gasteiger partial charge in [-0.3, -0.25) is 0 Å². The maximum Gasteiger partial charge on any atom is 0.195 e. The minimum absolute atomic E-state index is 0.0775. The zero-order valence-corrected chi connectivity index (χ0v) is 11.2. The highest BCUT2D eigenvalue weighted by Crippen LogP contribution is 2.00. The Kier molecular flexibility index (Phi) is 5.61. The monoisotopic (exact) mass is 224 g/mol. The van der Waals surface area contributed by atoms with Crippen LogP contribution in [0.5, 0.6) is 0 Å².